The SMILES string of the molecule is COc1ccc2cc3[n+](cc2c1O)CCc1cc2c(cc1-3)OCO2.[Cl-]. The molecule has 2 aliphatic heterocycles. The van der Waals surface area contributed by atoms with Gasteiger partial charge < -0.3 is 31.7 Å². The number of rotatable bonds is 1. The first kappa shape index (κ1) is 15.8. The number of pyridine rings is 1. The van der Waals surface area contributed by atoms with E-state index in [0.29, 0.717) is 5.75 Å². The number of hydrogen-bond acceptors (Lipinski definition) is 4. The normalized spacial score (nSPS) is 13.8. The van der Waals surface area contributed by atoms with Crippen LogP contribution < -0.4 is 31.2 Å². The average Bonchev–Trinajstić information content (AvgIpc) is 3.06. The van der Waals surface area contributed by atoms with E-state index in [9.17, 15) is 5.11 Å². The second-order valence-corrected chi connectivity index (χ2v) is 6.08. The van der Waals surface area contributed by atoms with Crippen molar-refractivity contribution in [1.82, 2.24) is 0 Å². The molecule has 0 saturated heterocycles. The maximum Gasteiger partial charge on any atom is 0.231 e. The standard InChI is InChI=1S/C19H15NO4.ClH/c1-22-16-3-2-11-6-15-13-8-18-17(23-10-24-18)7-12(13)4-5-20(15)9-14(11)19(16)21;/h2-3,6-9H,4-5,10H2,1H3;1H. The van der Waals surface area contributed by atoms with Gasteiger partial charge in [-0.25, -0.2) is 0 Å². The fourth-order valence-electron chi connectivity index (χ4n) is 3.57. The van der Waals surface area contributed by atoms with Gasteiger partial charge in [0.25, 0.3) is 0 Å². The lowest BCUT2D eigenvalue weighted by molar-refractivity contribution is -0.686. The molecule has 3 aromatic rings. The van der Waals surface area contributed by atoms with E-state index in [-0.39, 0.29) is 24.9 Å². The quantitative estimate of drug-likeness (QED) is 0.613. The number of hydrogen-bond donors (Lipinski definition) is 1. The van der Waals surface area contributed by atoms with Crippen molar-refractivity contribution < 1.29 is 36.3 Å². The van der Waals surface area contributed by atoms with Crippen LogP contribution in [0.25, 0.3) is 22.0 Å². The predicted molar refractivity (Wildman–Crippen MR) is 87.6 cm³/mol. The van der Waals surface area contributed by atoms with E-state index < -0.39 is 0 Å². The molecule has 5 nitrogen and oxygen atoms in total. The molecule has 6 heteroatoms. The molecule has 0 spiro atoms. The number of methoxy groups -OCH3 is 1. The van der Waals surface area contributed by atoms with Crippen LogP contribution >= 0.6 is 0 Å². The van der Waals surface area contributed by atoms with Gasteiger partial charge in [0.15, 0.2) is 35.7 Å². The molecule has 0 aliphatic carbocycles. The Kier molecular flexibility index (Phi) is 3.62. The molecule has 0 fully saturated rings. The third-order valence-electron chi connectivity index (χ3n) is 4.82. The number of ether oxygens (including phenoxy) is 3. The van der Waals surface area contributed by atoms with Crippen LogP contribution in [0.2, 0.25) is 0 Å². The van der Waals surface area contributed by atoms with Crippen LogP contribution in [0.5, 0.6) is 23.0 Å². The molecule has 5 rings (SSSR count). The zero-order chi connectivity index (χ0) is 16.3. The Bertz CT molecular complexity index is 1000. The van der Waals surface area contributed by atoms with Crippen LogP contribution in [0.4, 0.5) is 0 Å². The van der Waals surface area contributed by atoms with Crippen LogP contribution in [0.15, 0.2) is 36.5 Å². The summed E-state index contributed by atoms with van der Waals surface area (Å²) in [7, 11) is 1.56. The summed E-state index contributed by atoms with van der Waals surface area (Å²) in [6.07, 6.45) is 2.91. The van der Waals surface area contributed by atoms with Crippen molar-refractivity contribution in [3.63, 3.8) is 0 Å². The summed E-state index contributed by atoms with van der Waals surface area (Å²) in [4.78, 5) is 0. The number of aromatic nitrogens is 1. The van der Waals surface area contributed by atoms with Crippen molar-refractivity contribution in [2.75, 3.05) is 13.9 Å². The second kappa shape index (κ2) is 5.70. The van der Waals surface area contributed by atoms with Crippen LogP contribution in [0, 0.1) is 0 Å². The Morgan fingerprint density at radius 1 is 1.12 bits per heavy atom. The van der Waals surface area contributed by atoms with Gasteiger partial charge in [-0.05, 0) is 35.2 Å². The van der Waals surface area contributed by atoms with Gasteiger partial charge in [-0.3, -0.25) is 0 Å². The van der Waals surface area contributed by atoms with Gasteiger partial charge in [0.2, 0.25) is 12.5 Å². The molecule has 3 heterocycles. The summed E-state index contributed by atoms with van der Waals surface area (Å²) in [6, 6.07) is 10.00. The highest BCUT2D eigenvalue weighted by atomic mass is 35.5. The number of phenolic OH excluding ortho intramolecular Hbond substituents is 1. The minimum atomic E-state index is 0. The summed E-state index contributed by atoms with van der Waals surface area (Å²) in [5, 5.41) is 12.2. The first-order valence-electron chi connectivity index (χ1n) is 7.90. The number of phenols is 1. The fraction of sp³-hybridized carbons (Fsp3) is 0.211. The van der Waals surface area contributed by atoms with E-state index in [1.165, 1.54) is 5.56 Å². The molecular weight excluding hydrogens is 342 g/mol. The topological polar surface area (TPSA) is 51.8 Å². The lowest BCUT2D eigenvalue weighted by atomic mass is 9.95. The summed E-state index contributed by atoms with van der Waals surface area (Å²) in [6.45, 7) is 1.14. The molecule has 0 atom stereocenters. The Morgan fingerprint density at radius 3 is 2.72 bits per heavy atom. The molecule has 0 bridgehead atoms. The van der Waals surface area contributed by atoms with Gasteiger partial charge in [-0.15, -0.1) is 0 Å². The summed E-state index contributed by atoms with van der Waals surface area (Å²) in [5.41, 5.74) is 3.53. The molecule has 0 saturated carbocycles. The first-order chi connectivity index (χ1) is 11.7. The molecule has 0 unspecified atom stereocenters. The molecule has 128 valence electrons. The predicted octanol–water partition coefficient (Wildman–Crippen LogP) is -0.203. The highest BCUT2D eigenvalue weighted by Crippen LogP contribution is 2.41. The maximum atomic E-state index is 10.4. The molecule has 1 aromatic heterocycles. The van der Waals surface area contributed by atoms with Gasteiger partial charge in [0.1, 0.15) is 0 Å². The molecule has 25 heavy (non-hydrogen) atoms. The largest absolute Gasteiger partial charge is 1.00 e. The number of nitrogens with zero attached hydrogens (tertiary/aromatic N) is 1. The van der Waals surface area contributed by atoms with Crippen molar-refractivity contribution >= 4 is 10.8 Å². The van der Waals surface area contributed by atoms with Crippen molar-refractivity contribution in [3.05, 3.63) is 42.1 Å². The minimum absolute atomic E-state index is 0. The number of fused-ring (bicyclic) bond motifs is 5. The molecule has 0 amide bonds. The fourth-order valence-corrected chi connectivity index (χ4v) is 3.57. The van der Waals surface area contributed by atoms with Gasteiger partial charge in [-0.1, -0.05) is 0 Å². The van der Waals surface area contributed by atoms with Crippen molar-refractivity contribution in [2.24, 2.45) is 0 Å². The highest BCUT2D eigenvalue weighted by molar-refractivity contribution is 5.91. The van der Waals surface area contributed by atoms with Crippen LogP contribution in [0.3, 0.4) is 0 Å². The van der Waals surface area contributed by atoms with Gasteiger partial charge in [0, 0.05) is 12.5 Å². The zero-order valence-electron chi connectivity index (χ0n) is 13.6. The van der Waals surface area contributed by atoms with Crippen molar-refractivity contribution in [3.8, 4) is 34.3 Å². The lowest BCUT2D eigenvalue weighted by Crippen LogP contribution is -3.00. The van der Waals surface area contributed by atoms with E-state index in [0.717, 1.165) is 46.5 Å². The van der Waals surface area contributed by atoms with Gasteiger partial charge in [0.05, 0.1) is 18.1 Å². The van der Waals surface area contributed by atoms with Gasteiger partial charge in [-0.2, -0.15) is 4.57 Å². The van der Waals surface area contributed by atoms with Gasteiger partial charge >= 0.3 is 0 Å². The number of aryl methyl sites for hydroxylation is 2. The van der Waals surface area contributed by atoms with Crippen LogP contribution in [0.1, 0.15) is 5.56 Å². The minimum Gasteiger partial charge on any atom is -1.00 e. The molecule has 0 radical (unpaired) electrons. The smallest absolute Gasteiger partial charge is 0.231 e. The highest BCUT2D eigenvalue weighted by Gasteiger charge is 2.28. The first-order valence-corrected chi connectivity index (χ1v) is 7.90. The molecule has 1 N–H and O–H groups in total. The van der Waals surface area contributed by atoms with Crippen molar-refractivity contribution in [1.29, 1.82) is 0 Å². The summed E-state index contributed by atoms with van der Waals surface area (Å²) < 4.78 is 18.4. The maximum absolute atomic E-state index is 10.4. The van der Waals surface area contributed by atoms with E-state index in [1.54, 1.807) is 13.2 Å². The third-order valence-corrected chi connectivity index (χ3v) is 4.82. The Balaban J connectivity index is 0.00000157. The number of benzene rings is 2. The Labute approximate surface area is 150 Å². The molecule has 2 aromatic carbocycles. The monoisotopic (exact) mass is 357 g/mol. The molecular formula is C19H16ClNO4. The average molecular weight is 358 g/mol. The van der Waals surface area contributed by atoms with E-state index in [1.807, 2.05) is 12.3 Å². The third kappa shape index (κ3) is 2.27. The summed E-state index contributed by atoms with van der Waals surface area (Å²) >= 11 is 0. The number of halogens is 1. The van der Waals surface area contributed by atoms with Crippen LogP contribution in [-0.4, -0.2) is 19.0 Å². The van der Waals surface area contributed by atoms with E-state index >= 15 is 0 Å². The zero-order valence-corrected chi connectivity index (χ0v) is 14.3. The van der Waals surface area contributed by atoms with Crippen molar-refractivity contribution in [2.45, 2.75) is 13.0 Å². The second-order valence-electron chi connectivity index (χ2n) is 6.08. The summed E-state index contributed by atoms with van der Waals surface area (Å²) in [5.74, 6) is 2.29. The van der Waals surface area contributed by atoms with E-state index in [4.69, 9.17) is 14.2 Å². The number of aromatic hydroxyl groups is 1. The van der Waals surface area contributed by atoms with Crippen LogP contribution in [-0.2, 0) is 13.0 Å². The lowest BCUT2D eigenvalue weighted by Gasteiger charge is -2.16. The Morgan fingerprint density at radius 2 is 1.92 bits per heavy atom. The molecule has 2 aliphatic rings. The van der Waals surface area contributed by atoms with E-state index in [2.05, 4.69) is 22.8 Å². The Hall–Kier alpha value is -2.66.